The van der Waals surface area contributed by atoms with Crippen LogP contribution >= 0.6 is 11.7 Å². The van der Waals surface area contributed by atoms with E-state index >= 15 is 0 Å². The van der Waals surface area contributed by atoms with Crippen molar-refractivity contribution >= 4 is 32.8 Å². The van der Waals surface area contributed by atoms with E-state index in [9.17, 15) is 8.42 Å². The second-order valence-electron chi connectivity index (χ2n) is 5.72. The van der Waals surface area contributed by atoms with Crippen LogP contribution in [-0.2, 0) is 22.3 Å². The molecule has 0 saturated heterocycles. The first-order valence-corrected chi connectivity index (χ1v) is 9.75. The molecule has 0 radical (unpaired) electrons. The number of fused-ring (bicyclic) bond motifs is 2. The molecule has 3 heterocycles. The maximum absolute atomic E-state index is 12.9. The van der Waals surface area contributed by atoms with E-state index in [0.717, 1.165) is 22.9 Å². The van der Waals surface area contributed by atoms with Gasteiger partial charge < -0.3 is 4.57 Å². The normalized spacial score (nSPS) is 19.1. The van der Waals surface area contributed by atoms with Crippen LogP contribution in [0.15, 0.2) is 36.5 Å². The summed E-state index contributed by atoms with van der Waals surface area (Å²) in [5.74, 6) is -0.0409. The fourth-order valence-corrected chi connectivity index (χ4v) is 5.51. The summed E-state index contributed by atoms with van der Waals surface area (Å²) >= 11 is 1.11. The third kappa shape index (κ3) is 2.46. The standard InChI is InChI=1S/C15H16N4O2S2/c1-11-14-6-3-7-18(14)8-9-19(11)23(20,21)10-12-4-2-5-13-15(12)17-22-16-13/h2-7,11H,8-10H2,1H3. The second kappa shape index (κ2) is 5.40. The monoisotopic (exact) mass is 348 g/mol. The highest BCUT2D eigenvalue weighted by Gasteiger charge is 2.33. The number of hydrogen-bond acceptors (Lipinski definition) is 5. The lowest BCUT2D eigenvalue weighted by atomic mass is 10.2. The van der Waals surface area contributed by atoms with Crippen LogP contribution in [0, 0.1) is 0 Å². The zero-order valence-corrected chi connectivity index (χ0v) is 14.2. The molecule has 1 aliphatic heterocycles. The maximum atomic E-state index is 12.9. The summed E-state index contributed by atoms with van der Waals surface area (Å²) in [6.07, 6.45) is 2.00. The van der Waals surface area contributed by atoms with Crippen molar-refractivity contribution in [1.29, 1.82) is 0 Å². The van der Waals surface area contributed by atoms with Gasteiger partial charge in [0.1, 0.15) is 11.0 Å². The molecule has 1 atom stereocenters. The molecular weight excluding hydrogens is 332 g/mol. The van der Waals surface area contributed by atoms with E-state index in [1.165, 1.54) is 0 Å². The minimum atomic E-state index is -3.42. The lowest BCUT2D eigenvalue weighted by Crippen LogP contribution is -2.41. The Hall–Kier alpha value is -1.77. The van der Waals surface area contributed by atoms with E-state index in [4.69, 9.17) is 0 Å². The zero-order valence-electron chi connectivity index (χ0n) is 12.6. The van der Waals surface area contributed by atoms with Crippen LogP contribution in [0.1, 0.15) is 24.2 Å². The first-order chi connectivity index (χ1) is 11.1. The molecule has 1 unspecified atom stereocenters. The fourth-order valence-electron chi connectivity index (χ4n) is 3.20. The van der Waals surface area contributed by atoms with Crippen molar-refractivity contribution in [2.75, 3.05) is 6.54 Å². The van der Waals surface area contributed by atoms with E-state index in [0.29, 0.717) is 24.2 Å². The number of nitrogens with zero attached hydrogens (tertiary/aromatic N) is 4. The molecule has 0 bridgehead atoms. The van der Waals surface area contributed by atoms with E-state index in [2.05, 4.69) is 13.3 Å². The summed E-state index contributed by atoms with van der Waals surface area (Å²) in [5.41, 5.74) is 3.19. The molecule has 0 N–H and O–H groups in total. The van der Waals surface area contributed by atoms with Gasteiger partial charge in [-0.3, -0.25) is 0 Å². The van der Waals surface area contributed by atoms with Gasteiger partial charge in [0, 0.05) is 25.0 Å². The van der Waals surface area contributed by atoms with Gasteiger partial charge in [-0.15, -0.1) is 0 Å². The van der Waals surface area contributed by atoms with Crippen molar-refractivity contribution < 1.29 is 8.42 Å². The molecule has 0 amide bonds. The van der Waals surface area contributed by atoms with Crippen LogP contribution in [0.5, 0.6) is 0 Å². The molecule has 0 aliphatic carbocycles. The van der Waals surface area contributed by atoms with Gasteiger partial charge >= 0.3 is 0 Å². The molecule has 6 nitrogen and oxygen atoms in total. The SMILES string of the molecule is CC1c2cccn2CCN1S(=O)(=O)Cc1cccc2nsnc12. The van der Waals surface area contributed by atoms with E-state index in [-0.39, 0.29) is 11.8 Å². The Bertz CT molecular complexity index is 961. The Morgan fingerprint density at radius 3 is 2.96 bits per heavy atom. The van der Waals surface area contributed by atoms with Gasteiger partial charge in [0.15, 0.2) is 0 Å². The molecule has 1 aromatic carbocycles. The lowest BCUT2D eigenvalue weighted by molar-refractivity contribution is 0.282. The molecule has 8 heteroatoms. The summed E-state index contributed by atoms with van der Waals surface area (Å²) in [6, 6.07) is 9.29. The summed E-state index contributed by atoms with van der Waals surface area (Å²) in [5, 5.41) is 0. The summed E-state index contributed by atoms with van der Waals surface area (Å²) in [6.45, 7) is 3.12. The highest BCUT2D eigenvalue weighted by Crippen LogP contribution is 2.30. The van der Waals surface area contributed by atoms with E-state index < -0.39 is 10.0 Å². The number of rotatable bonds is 3. The van der Waals surface area contributed by atoms with Crippen LogP contribution in [0.2, 0.25) is 0 Å². The van der Waals surface area contributed by atoms with Crippen molar-refractivity contribution in [2.24, 2.45) is 0 Å². The van der Waals surface area contributed by atoms with Crippen LogP contribution in [-0.4, -0.2) is 32.6 Å². The molecular formula is C15H16N4O2S2. The Morgan fingerprint density at radius 1 is 1.22 bits per heavy atom. The van der Waals surface area contributed by atoms with Gasteiger partial charge in [0.2, 0.25) is 10.0 Å². The molecule has 4 rings (SSSR count). The Kier molecular flexibility index (Phi) is 3.47. The third-order valence-electron chi connectivity index (χ3n) is 4.35. The molecule has 0 saturated carbocycles. The summed E-state index contributed by atoms with van der Waals surface area (Å²) in [7, 11) is -3.42. The van der Waals surface area contributed by atoms with Crippen molar-refractivity contribution in [3.63, 3.8) is 0 Å². The maximum Gasteiger partial charge on any atom is 0.219 e. The lowest BCUT2D eigenvalue weighted by Gasteiger charge is -2.33. The smallest absolute Gasteiger partial charge is 0.219 e. The van der Waals surface area contributed by atoms with Gasteiger partial charge in [-0.2, -0.15) is 13.1 Å². The molecule has 1 aliphatic rings. The van der Waals surface area contributed by atoms with Gasteiger partial charge in [-0.1, -0.05) is 12.1 Å². The number of aromatic nitrogens is 3. The quantitative estimate of drug-likeness (QED) is 0.729. The number of hydrogen-bond donors (Lipinski definition) is 0. The van der Waals surface area contributed by atoms with Crippen LogP contribution in [0.25, 0.3) is 11.0 Å². The van der Waals surface area contributed by atoms with Crippen LogP contribution in [0.3, 0.4) is 0 Å². The molecule has 3 aromatic rings. The van der Waals surface area contributed by atoms with Crippen molar-refractivity contribution in [2.45, 2.75) is 25.3 Å². The predicted molar refractivity (Wildman–Crippen MR) is 89.6 cm³/mol. The Balaban J connectivity index is 1.67. The van der Waals surface area contributed by atoms with Gasteiger partial charge in [0.05, 0.1) is 23.5 Å². The highest BCUT2D eigenvalue weighted by atomic mass is 32.2. The zero-order chi connectivity index (χ0) is 16.0. The Morgan fingerprint density at radius 2 is 2.09 bits per heavy atom. The summed E-state index contributed by atoms with van der Waals surface area (Å²) in [4.78, 5) is 0. The van der Waals surface area contributed by atoms with Gasteiger partial charge in [-0.05, 0) is 30.7 Å². The Labute approximate surface area is 138 Å². The van der Waals surface area contributed by atoms with Crippen molar-refractivity contribution in [1.82, 2.24) is 17.6 Å². The van der Waals surface area contributed by atoms with Gasteiger partial charge in [0.25, 0.3) is 0 Å². The predicted octanol–water partition coefficient (Wildman–Crippen LogP) is 2.40. The van der Waals surface area contributed by atoms with Gasteiger partial charge in [-0.25, -0.2) is 8.42 Å². The fraction of sp³-hybridized carbons (Fsp3) is 0.333. The van der Waals surface area contributed by atoms with Crippen LogP contribution < -0.4 is 0 Å². The summed E-state index contributed by atoms with van der Waals surface area (Å²) < 4.78 is 38.0. The van der Waals surface area contributed by atoms with E-state index in [1.807, 2.05) is 43.5 Å². The highest BCUT2D eigenvalue weighted by molar-refractivity contribution is 7.88. The number of benzene rings is 1. The molecule has 0 fully saturated rings. The topological polar surface area (TPSA) is 68.1 Å². The van der Waals surface area contributed by atoms with E-state index in [1.54, 1.807) is 4.31 Å². The third-order valence-corrected chi connectivity index (χ3v) is 6.78. The van der Waals surface area contributed by atoms with Crippen molar-refractivity contribution in [3.8, 4) is 0 Å². The molecule has 0 spiro atoms. The average Bonchev–Trinajstić information content (AvgIpc) is 3.16. The molecule has 2 aromatic heterocycles. The minimum Gasteiger partial charge on any atom is -0.349 e. The minimum absolute atomic E-state index is 0.0409. The largest absolute Gasteiger partial charge is 0.349 e. The molecule has 23 heavy (non-hydrogen) atoms. The van der Waals surface area contributed by atoms with Crippen molar-refractivity contribution in [3.05, 3.63) is 47.8 Å². The first kappa shape index (κ1) is 14.8. The molecule has 120 valence electrons. The first-order valence-electron chi connectivity index (χ1n) is 7.41. The average molecular weight is 348 g/mol. The van der Waals surface area contributed by atoms with Crippen LogP contribution in [0.4, 0.5) is 0 Å². The second-order valence-corrected chi connectivity index (χ2v) is 8.17. The number of sulfonamides is 1.